The third-order valence-electron chi connectivity index (χ3n) is 4.63. The molecule has 2 fully saturated rings. The zero-order chi connectivity index (χ0) is 13.9. The summed E-state index contributed by atoms with van der Waals surface area (Å²) >= 11 is 0. The predicted octanol–water partition coefficient (Wildman–Crippen LogP) is 2.92. The largest absolute Gasteiger partial charge is 0.300 e. The summed E-state index contributed by atoms with van der Waals surface area (Å²) in [6, 6.07) is 3.84. The molecule has 0 bridgehead atoms. The summed E-state index contributed by atoms with van der Waals surface area (Å²) in [4.78, 5) is 2.61. The van der Waals surface area contributed by atoms with E-state index in [0.29, 0.717) is 6.04 Å². The van der Waals surface area contributed by atoms with Crippen LogP contribution in [0.4, 0.5) is 0 Å². The Morgan fingerprint density at radius 3 is 2.58 bits per heavy atom. The summed E-state index contributed by atoms with van der Waals surface area (Å²) in [6.07, 6.45) is 7.21. The fourth-order valence-electron chi connectivity index (χ4n) is 3.33. The summed E-state index contributed by atoms with van der Waals surface area (Å²) in [5.41, 5.74) is -0.301. The zero-order valence-electron chi connectivity index (χ0n) is 12.8. The second-order valence-electron chi connectivity index (χ2n) is 7.00. The lowest BCUT2D eigenvalue weighted by atomic mass is 9.96. The first-order chi connectivity index (χ1) is 9.02. The van der Waals surface area contributed by atoms with Crippen LogP contribution in [0.25, 0.3) is 0 Å². The number of hydrogen-bond donors (Lipinski definition) is 1. The smallest absolute Gasteiger partial charge is 0.104 e. The molecule has 19 heavy (non-hydrogen) atoms. The number of nitrogens with zero attached hydrogens (tertiary/aromatic N) is 2. The average molecular weight is 263 g/mol. The highest BCUT2D eigenvalue weighted by molar-refractivity contribution is 5.06. The Morgan fingerprint density at radius 1 is 1.32 bits per heavy atom. The monoisotopic (exact) mass is 263 g/mol. The molecule has 3 nitrogen and oxygen atoms in total. The first-order valence-corrected chi connectivity index (χ1v) is 7.95. The number of unbranched alkanes of at least 4 members (excludes halogenated alkanes) is 1. The summed E-state index contributed by atoms with van der Waals surface area (Å²) in [7, 11) is 0. The predicted molar refractivity (Wildman–Crippen MR) is 78.8 cm³/mol. The van der Waals surface area contributed by atoms with Gasteiger partial charge in [-0.25, -0.2) is 0 Å². The number of nitriles is 1. The minimum Gasteiger partial charge on any atom is -0.300 e. The molecule has 1 aliphatic carbocycles. The molecule has 3 heteroatoms. The molecule has 2 aliphatic rings. The SMILES string of the molecule is CC1CC(C)N(CCCCC(C)(C#N)NC2CC2)C1. The Labute approximate surface area is 118 Å². The van der Waals surface area contributed by atoms with Crippen LogP contribution in [0, 0.1) is 17.2 Å². The van der Waals surface area contributed by atoms with Crippen LogP contribution in [0.1, 0.15) is 59.3 Å². The molecule has 2 rings (SSSR count). The van der Waals surface area contributed by atoms with E-state index in [1.807, 2.05) is 0 Å². The Bertz CT molecular complexity index is 331. The first kappa shape index (κ1) is 14.8. The second kappa shape index (κ2) is 6.24. The minimum atomic E-state index is -0.301. The van der Waals surface area contributed by atoms with Gasteiger partial charge in [-0.15, -0.1) is 0 Å². The number of nitrogens with one attached hydrogen (secondary N) is 1. The Hall–Kier alpha value is -0.590. The van der Waals surface area contributed by atoms with Gasteiger partial charge in [0.2, 0.25) is 0 Å². The van der Waals surface area contributed by atoms with Crippen LogP contribution in [-0.2, 0) is 0 Å². The highest BCUT2D eigenvalue weighted by Crippen LogP contribution is 2.26. The van der Waals surface area contributed by atoms with Crippen LogP contribution in [-0.4, -0.2) is 35.6 Å². The fourth-order valence-corrected chi connectivity index (χ4v) is 3.33. The standard InChI is InChI=1S/C16H29N3/c1-13-10-14(2)19(11-13)9-5-4-8-16(3,12-17)18-15-6-7-15/h13-15,18H,4-11H2,1-3H3. The van der Waals surface area contributed by atoms with E-state index in [9.17, 15) is 5.26 Å². The van der Waals surface area contributed by atoms with Gasteiger partial charge in [0, 0.05) is 18.6 Å². The molecule has 0 aromatic carbocycles. The van der Waals surface area contributed by atoms with Crippen LogP contribution in [0.5, 0.6) is 0 Å². The minimum absolute atomic E-state index is 0.301. The summed E-state index contributed by atoms with van der Waals surface area (Å²) in [6.45, 7) is 9.22. The summed E-state index contributed by atoms with van der Waals surface area (Å²) in [5, 5.41) is 12.8. The van der Waals surface area contributed by atoms with Crippen LogP contribution in [0.3, 0.4) is 0 Å². The van der Waals surface area contributed by atoms with Gasteiger partial charge in [0.05, 0.1) is 6.07 Å². The molecule has 1 saturated carbocycles. The van der Waals surface area contributed by atoms with Crippen molar-refractivity contribution in [1.82, 2.24) is 10.2 Å². The second-order valence-corrected chi connectivity index (χ2v) is 7.00. The van der Waals surface area contributed by atoms with Crippen molar-refractivity contribution in [1.29, 1.82) is 5.26 Å². The van der Waals surface area contributed by atoms with E-state index in [0.717, 1.165) is 24.8 Å². The van der Waals surface area contributed by atoms with Crippen molar-refractivity contribution in [3.8, 4) is 6.07 Å². The molecule has 1 aliphatic heterocycles. The topological polar surface area (TPSA) is 39.1 Å². The van der Waals surface area contributed by atoms with Gasteiger partial charge in [-0.05, 0) is 64.8 Å². The molecule has 0 spiro atoms. The van der Waals surface area contributed by atoms with E-state index in [4.69, 9.17) is 0 Å². The van der Waals surface area contributed by atoms with Gasteiger partial charge >= 0.3 is 0 Å². The van der Waals surface area contributed by atoms with Crippen molar-refractivity contribution in [2.75, 3.05) is 13.1 Å². The molecule has 0 aromatic heterocycles. The first-order valence-electron chi connectivity index (χ1n) is 7.95. The van der Waals surface area contributed by atoms with E-state index in [-0.39, 0.29) is 5.54 Å². The van der Waals surface area contributed by atoms with Gasteiger partial charge in [-0.3, -0.25) is 5.32 Å². The van der Waals surface area contributed by atoms with Gasteiger partial charge in [0.1, 0.15) is 5.54 Å². The third kappa shape index (κ3) is 4.47. The van der Waals surface area contributed by atoms with Gasteiger partial charge in [-0.2, -0.15) is 5.26 Å². The number of likely N-dealkylation sites (tertiary alicyclic amines) is 1. The van der Waals surface area contributed by atoms with E-state index < -0.39 is 0 Å². The molecule has 3 unspecified atom stereocenters. The summed E-state index contributed by atoms with van der Waals surface area (Å²) < 4.78 is 0. The van der Waals surface area contributed by atoms with E-state index in [2.05, 4.69) is 37.1 Å². The van der Waals surface area contributed by atoms with Crippen LogP contribution < -0.4 is 5.32 Å². The van der Waals surface area contributed by atoms with E-state index in [1.54, 1.807) is 0 Å². The Morgan fingerprint density at radius 2 is 2.05 bits per heavy atom. The maximum absolute atomic E-state index is 9.33. The molecule has 108 valence electrons. The zero-order valence-corrected chi connectivity index (χ0v) is 12.8. The van der Waals surface area contributed by atoms with Crippen molar-refractivity contribution in [3.05, 3.63) is 0 Å². The number of rotatable bonds is 7. The highest BCUT2D eigenvalue weighted by atomic mass is 15.2. The molecule has 3 atom stereocenters. The van der Waals surface area contributed by atoms with Crippen LogP contribution >= 0.6 is 0 Å². The Kier molecular flexibility index (Phi) is 4.86. The average Bonchev–Trinajstić information content (AvgIpc) is 3.10. The molecule has 0 amide bonds. The summed E-state index contributed by atoms with van der Waals surface area (Å²) in [5.74, 6) is 0.857. The van der Waals surface area contributed by atoms with Gasteiger partial charge in [0.25, 0.3) is 0 Å². The van der Waals surface area contributed by atoms with Crippen LogP contribution in [0.2, 0.25) is 0 Å². The van der Waals surface area contributed by atoms with Gasteiger partial charge in [0.15, 0.2) is 0 Å². The molecule has 1 saturated heterocycles. The molecular weight excluding hydrogens is 234 g/mol. The van der Waals surface area contributed by atoms with E-state index in [1.165, 1.54) is 38.8 Å². The van der Waals surface area contributed by atoms with Crippen molar-refractivity contribution in [2.24, 2.45) is 5.92 Å². The fraction of sp³-hybridized carbons (Fsp3) is 0.938. The van der Waals surface area contributed by atoms with Gasteiger partial charge < -0.3 is 4.90 Å². The van der Waals surface area contributed by atoms with Crippen molar-refractivity contribution in [3.63, 3.8) is 0 Å². The number of hydrogen-bond acceptors (Lipinski definition) is 3. The van der Waals surface area contributed by atoms with Gasteiger partial charge in [-0.1, -0.05) is 6.92 Å². The van der Waals surface area contributed by atoms with Crippen molar-refractivity contribution in [2.45, 2.75) is 76.9 Å². The molecule has 0 aromatic rings. The molecule has 0 radical (unpaired) electrons. The lowest BCUT2D eigenvalue weighted by molar-refractivity contribution is 0.254. The maximum Gasteiger partial charge on any atom is 0.104 e. The quantitative estimate of drug-likeness (QED) is 0.718. The molecular formula is C16H29N3. The maximum atomic E-state index is 9.33. The van der Waals surface area contributed by atoms with Crippen LogP contribution in [0.15, 0.2) is 0 Å². The molecule has 1 heterocycles. The lowest BCUT2D eigenvalue weighted by Gasteiger charge is -2.25. The third-order valence-corrected chi connectivity index (χ3v) is 4.63. The highest BCUT2D eigenvalue weighted by Gasteiger charge is 2.32. The molecule has 1 N–H and O–H groups in total. The normalized spacial score (nSPS) is 31.1. The van der Waals surface area contributed by atoms with Crippen molar-refractivity contribution < 1.29 is 0 Å². The Balaban J connectivity index is 1.64. The van der Waals surface area contributed by atoms with E-state index >= 15 is 0 Å². The lowest BCUT2D eigenvalue weighted by Crippen LogP contribution is -2.42. The van der Waals surface area contributed by atoms with Crippen molar-refractivity contribution >= 4 is 0 Å².